The number of fused-ring (bicyclic) bond motifs is 6. The van der Waals surface area contributed by atoms with Crippen molar-refractivity contribution in [1.29, 1.82) is 0 Å². The molecule has 58 heavy (non-hydrogen) atoms. The first-order valence-electron chi connectivity index (χ1n) is 20.2. The Balaban J connectivity index is 1.03. The summed E-state index contributed by atoms with van der Waals surface area (Å²) < 4.78 is 2.53. The van der Waals surface area contributed by atoms with Crippen LogP contribution in [0.1, 0.15) is 17.7 Å². The summed E-state index contributed by atoms with van der Waals surface area (Å²) in [6, 6.07) is 75.2. The number of aromatic nitrogens is 1. The number of hydrogen-bond acceptors (Lipinski definition) is 1. The first-order chi connectivity index (χ1) is 28.8. The highest BCUT2D eigenvalue weighted by Crippen LogP contribution is 2.44. The normalized spacial score (nSPS) is 12.3. The minimum absolute atomic E-state index is 1.01. The van der Waals surface area contributed by atoms with Crippen molar-refractivity contribution in [3.63, 3.8) is 0 Å². The van der Waals surface area contributed by atoms with E-state index in [0.29, 0.717) is 0 Å². The third kappa shape index (κ3) is 5.81. The lowest BCUT2D eigenvalue weighted by molar-refractivity contribution is 0.889. The molecular weight excluding hydrogens is 701 g/mol. The Bertz CT molecular complexity index is 3150. The Morgan fingerprint density at radius 2 is 1.03 bits per heavy atom. The van der Waals surface area contributed by atoms with E-state index >= 15 is 0 Å². The van der Waals surface area contributed by atoms with E-state index in [4.69, 9.17) is 0 Å². The quantitative estimate of drug-likeness (QED) is 0.158. The van der Waals surface area contributed by atoms with E-state index in [9.17, 15) is 0 Å². The van der Waals surface area contributed by atoms with Gasteiger partial charge < -0.3 is 9.47 Å². The van der Waals surface area contributed by atoms with Crippen molar-refractivity contribution < 1.29 is 0 Å². The van der Waals surface area contributed by atoms with Gasteiger partial charge in [-0.3, -0.25) is 0 Å². The number of allylic oxidation sites excluding steroid dienone is 1. The second-order valence-corrected chi connectivity index (χ2v) is 15.2. The summed E-state index contributed by atoms with van der Waals surface area (Å²) in [5.74, 6) is 0. The number of hydrogen-bond donors (Lipinski definition) is 0. The maximum Gasteiger partial charge on any atom is 0.0544 e. The summed E-state index contributed by atoms with van der Waals surface area (Å²) in [5, 5.41) is 6.43. The van der Waals surface area contributed by atoms with Crippen LogP contribution in [-0.4, -0.2) is 4.57 Å². The van der Waals surface area contributed by atoms with E-state index in [-0.39, 0.29) is 0 Å². The molecule has 0 saturated carbocycles. The van der Waals surface area contributed by atoms with Crippen molar-refractivity contribution in [3.05, 3.63) is 224 Å². The Kier molecular flexibility index (Phi) is 8.33. The molecule has 274 valence electrons. The summed E-state index contributed by atoms with van der Waals surface area (Å²) in [4.78, 5) is 2.40. The number of para-hydroxylation sites is 2. The fraction of sp³-hybridized carbons (Fsp3) is 0.0357. The molecule has 0 spiro atoms. The van der Waals surface area contributed by atoms with Gasteiger partial charge >= 0.3 is 0 Å². The minimum atomic E-state index is 1.01. The zero-order valence-electron chi connectivity index (χ0n) is 32.1. The topological polar surface area (TPSA) is 8.17 Å². The van der Waals surface area contributed by atoms with Crippen molar-refractivity contribution in [2.75, 3.05) is 4.90 Å². The molecule has 0 bridgehead atoms. The molecular formula is C56H40N2. The SMILES string of the molecule is C1=Cc2c(n(-c3ccccc3-c3ccc(N(c4ccc(-c5ccc6ccccc6c5)cc4)c4ccccc4-c4ccccc4)cc3)c3ccc4ccccc4c23)CC1. The largest absolute Gasteiger partial charge is 0.312 e. The van der Waals surface area contributed by atoms with Gasteiger partial charge in [0.1, 0.15) is 0 Å². The summed E-state index contributed by atoms with van der Waals surface area (Å²) in [7, 11) is 0. The van der Waals surface area contributed by atoms with Crippen molar-refractivity contribution in [1.82, 2.24) is 4.57 Å². The molecule has 0 saturated heterocycles. The predicted molar refractivity (Wildman–Crippen MR) is 247 cm³/mol. The lowest BCUT2D eigenvalue weighted by Crippen LogP contribution is -2.11. The van der Waals surface area contributed by atoms with E-state index in [0.717, 1.165) is 29.9 Å². The van der Waals surface area contributed by atoms with E-state index in [1.807, 2.05) is 0 Å². The van der Waals surface area contributed by atoms with Crippen LogP contribution >= 0.6 is 0 Å². The zero-order chi connectivity index (χ0) is 38.4. The van der Waals surface area contributed by atoms with Crippen molar-refractivity contribution in [2.45, 2.75) is 12.8 Å². The van der Waals surface area contributed by atoms with Gasteiger partial charge in [0, 0.05) is 39.1 Å². The maximum atomic E-state index is 2.53. The molecule has 1 aliphatic rings. The van der Waals surface area contributed by atoms with Gasteiger partial charge in [0.2, 0.25) is 0 Å². The molecule has 11 rings (SSSR count). The fourth-order valence-corrected chi connectivity index (χ4v) is 9.09. The Morgan fingerprint density at radius 3 is 1.84 bits per heavy atom. The van der Waals surface area contributed by atoms with Crippen LogP contribution in [0.5, 0.6) is 0 Å². The Morgan fingerprint density at radius 1 is 0.431 bits per heavy atom. The highest BCUT2D eigenvalue weighted by molar-refractivity contribution is 6.12. The lowest BCUT2D eigenvalue weighted by Gasteiger charge is -2.28. The fourth-order valence-electron chi connectivity index (χ4n) is 9.09. The summed E-state index contributed by atoms with van der Waals surface area (Å²) >= 11 is 0. The molecule has 2 heteroatoms. The average Bonchev–Trinajstić information content (AvgIpc) is 3.65. The maximum absolute atomic E-state index is 2.53. The monoisotopic (exact) mass is 740 g/mol. The number of benzene rings is 9. The molecule has 0 radical (unpaired) electrons. The third-order valence-electron chi connectivity index (χ3n) is 11.8. The second kappa shape index (κ2) is 14.3. The second-order valence-electron chi connectivity index (χ2n) is 15.2. The number of nitrogens with zero attached hydrogens (tertiary/aromatic N) is 2. The molecule has 9 aromatic carbocycles. The summed E-state index contributed by atoms with van der Waals surface area (Å²) in [5.41, 5.74) is 15.7. The smallest absolute Gasteiger partial charge is 0.0544 e. The van der Waals surface area contributed by atoms with Crippen LogP contribution < -0.4 is 4.90 Å². The Labute approximate surface area is 339 Å². The summed E-state index contributed by atoms with van der Waals surface area (Å²) in [6.07, 6.45) is 6.73. The van der Waals surface area contributed by atoms with Gasteiger partial charge in [0.25, 0.3) is 0 Å². The van der Waals surface area contributed by atoms with Gasteiger partial charge in [0.15, 0.2) is 0 Å². The molecule has 1 aromatic heterocycles. The molecule has 1 heterocycles. The molecule has 0 unspecified atom stereocenters. The predicted octanol–water partition coefficient (Wildman–Crippen LogP) is 15.4. The van der Waals surface area contributed by atoms with Gasteiger partial charge in [0.05, 0.1) is 16.9 Å². The van der Waals surface area contributed by atoms with Crippen molar-refractivity contribution >= 4 is 55.6 Å². The van der Waals surface area contributed by atoms with Crippen molar-refractivity contribution in [3.8, 4) is 39.1 Å². The van der Waals surface area contributed by atoms with Crippen LogP contribution in [-0.2, 0) is 6.42 Å². The van der Waals surface area contributed by atoms with Crippen molar-refractivity contribution in [2.24, 2.45) is 0 Å². The van der Waals surface area contributed by atoms with Gasteiger partial charge in [-0.25, -0.2) is 0 Å². The summed E-state index contributed by atoms with van der Waals surface area (Å²) in [6.45, 7) is 0. The highest BCUT2D eigenvalue weighted by atomic mass is 15.1. The van der Waals surface area contributed by atoms with Crippen LogP contribution in [0.2, 0.25) is 0 Å². The molecule has 0 N–H and O–H groups in total. The average molecular weight is 741 g/mol. The number of rotatable bonds is 7. The van der Waals surface area contributed by atoms with Crippen LogP contribution in [0.15, 0.2) is 212 Å². The van der Waals surface area contributed by atoms with Gasteiger partial charge in [-0.2, -0.15) is 0 Å². The first-order valence-corrected chi connectivity index (χ1v) is 20.2. The molecule has 1 aliphatic carbocycles. The van der Waals surface area contributed by atoms with Gasteiger partial charge in [-0.15, -0.1) is 0 Å². The minimum Gasteiger partial charge on any atom is -0.312 e. The van der Waals surface area contributed by atoms with Crippen LogP contribution in [0.3, 0.4) is 0 Å². The van der Waals surface area contributed by atoms with E-state index < -0.39 is 0 Å². The molecule has 0 amide bonds. The van der Waals surface area contributed by atoms with E-state index in [2.05, 4.69) is 228 Å². The standard InChI is InChI=1S/C56H40N2/c1-2-15-41(16-3-1)48-19-8-11-23-52(48)57(46-33-28-40(29-34-46)45-27-26-39-14-4-5-18-44(39)38-45)47-35-30-43(31-36-47)49-20-9-12-24-53(49)58-54-25-13-10-22-51(54)56-50-21-7-6-17-42(50)32-37-55(56)58/h1-12,14-24,26-38H,13,25H2. The van der Waals surface area contributed by atoms with Gasteiger partial charge in [-0.05, 0) is 105 Å². The van der Waals surface area contributed by atoms with Crippen LogP contribution in [0, 0.1) is 0 Å². The molecule has 0 atom stereocenters. The third-order valence-corrected chi connectivity index (χ3v) is 11.8. The first kappa shape index (κ1) is 33.9. The molecule has 2 nitrogen and oxygen atoms in total. The van der Waals surface area contributed by atoms with Crippen LogP contribution in [0.25, 0.3) is 77.6 Å². The molecule has 10 aromatic rings. The van der Waals surface area contributed by atoms with Crippen LogP contribution in [0.4, 0.5) is 17.1 Å². The lowest BCUT2D eigenvalue weighted by atomic mass is 9.98. The highest BCUT2D eigenvalue weighted by Gasteiger charge is 2.23. The van der Waals surface area contributed by atoms with E-state index in [1.54, 1.807) is 0 Å². The molecule has 0 fully saturated rings. The molecule has 0 aliphatic heterocycles. The Hall–Kier alpha value is -7.42. The van der Waals surface area contributed by atoms with E-state index in [1.165, 1.54) is 82.8 Å². The number of anilines is 3. The van der Waals surface area contributed by atoms with Gasteiger partial charge in [-0.1, -0.05) is 170 Å². The zero-order valence-corrected chi connectivity index (χ0v) is 32.1.